The number of hydrogen-bond acceptors (Lipinski definition) is 6. The van der Waals surface area contributed by atoms with Gasteiger partial charge in [0.25, 0.3) is 0 Å². The third kappa shape index (κ3) is 4.02. The van der Waals surface area contributed by atoms with Crippen LogP contribution in [0.2, 0.25) is 0 Å². The van der Waals surface area contributed by atoms with E-state index in [0.717, 1.165) is 10.9 Å². The Morgan fingerprint density at radius 1 is 1.33 bits per heavy atom. The highest BCUT2D eigenvalue weighted by Gasteiger charge is 2.35. The van der Waals surface area contributed by atoms with Crippen LogP contribution in [0.5, 0.6) is 0 Å². The largest absolute Gasteiger partial charge is 0.337 e. The lowest BCUT2D eigenvalue weighted by atomic mass is 10.2. The van der Waals surface area contributed by atoms with Gasteiger partial charge in [-0.3, -0.25) is 4.79 Å². The van der Waals surface area contributed by atoms with Crippen LogP contribution in [0, 0.1) is 0 Å². The zero-order chi connectivity index (χ0) is 17.2. The summed E-state index contributed by atoms with van der Waals surface area (Å²) < 4.78 is 30.6. The highest BCUT2D eigenvalue weighted by Crippen LogP contribution is 2.30. The molecule has 1 fully saturated rings. The molecule has 0 unspecified atom stereocenters. The lowest BCUT2D eigenvalue weighted by Gasteiger charge is -2.21. The molecule has 2 aromatic rings. The summed E-state index contributed by atoms with van der Waals surface area (Å²) in [6.07, 6.45) is 2.76. The molecule has 0 spiro atoms. The van der Waals surface area contributed by atoms with Crippen molar-refractivity contribution >= 4 is 31.7 Å². The van der Waals surface area contributed by atoms with Crippen molar-refractivity contribution in [1.82, 2.24) is 15.0 Å². The van der Waals surface area contributed by atoms with Gasteiger partial charge in [0.15, 0.2) is 16.2 Å². The first-order valence-corrected chi connectivity index (χ1v) is 10.1. The van der Waals surface area contributed by atoms with E-state index < -0.39 is 21.5 Å². The maximum Gasteiger partial charge on any atom is 0.249 e. The van der Waals surface area contributed by atoms with E-state index in [9.17, 15) is 13.2 Å². The van der Waals surface area contributed by atoms with Crippen LogP contribution in [0.15, 0.2) is 39.6 Å². The molecule has 24 heavy (non-hydrogen) atoms. The molecular formula is C15H16BrN3O4S. The monoisotopic (exact) mass is 413 g/mol. The predicted molar refractivity (Wildman–Crippen MR) is 89.6 cm³/mol. The van der Waals surface area contributed by atoms with E-state index >= 15 is 0 Å². The first-order chi connectivity index (χ1) is 11.4. The average Bonchev–Trinajstić information content (AvgIpc) is 3.19. The number of aromatic nitrogens is 2. The standard InChI is InChI=1S/C15H16BrN3O4S/c16-12-5-3-11(4-6-12)8-24(21,22)9-14(20)19-7-1-2-13(19)15-17-10-18-23-15/h3-6,10,13H,1-2,7-9H2/t13-/m1/s1. The topological polar surface area (TPSA) is 93.4 Å². The highest BCUT2D eigenvalue weighted by molar-refractivity contribution is 9.10. The van der Waals surface area contributed by atoms with Crippen molar-refractivity contribution in [3.8, 4) is 0 Å². The van der Waals surface area contributed by atoms with E-state index in [-0.39, 0.29) is 11.8 Å². The van der Waals surface area contributed by atoms with Gasteiger partial charge in [0, 0.05) is 11.0 Å². The molecule has 1 atom stereocenters. The van der Waals surface area contributed by atoms with Crippen molar-refractivity contribution in [2.45, 2.75) is 24.6 Å². The van der Waals surface area contributed by atoms with Crippen molar-refractivity contribution in [3.63, 3.8) is 0 Å². The van der Waals surface area contributed by atoms with E-state index in [0.29, 0.717) is 24.4 Å². The third-order valence-corrected chi connectivity index (χ3v) is 5.87. The molecule has 0 radical (unpaired) electrons. The van der Waals surface area contributed by atoms with Crippen LogP contribution in [-0.4, -0.2) is 41.7 Å². The lowest BCUT2D eigenvalue weighted by Crippen LogP contribution is -2.35. The Morgan fingerprint density at radius 2 is 2.08 bits per heavy atom. The van der Waals surface area contributed by atoms with Gasteiger partial charge in [-0.25, -0.2) is 8.42 Å². The number of hydrogen-bond donors (Lipinski definition) is 0. The average molecular weight is 414 g/mol. The fourth-order valence-electron chi connectivity index (χ4n) is 2.81. The Balaban J connectivity index is 1.67. The second-order valence-electron chi connectivity index (χ2n) is 5.68. The van der Waals surface area contributed by atoms with Gasteiger partial charge in [-0.15, -0.1) is 0 Å². The molecule has 0 aliphatic carbocycles. The fraction of sp³-hybridized carbons (Fsp3) is 0.400. The van der Waals surface area contributed by atoms with Crippen LogP contribution in [-0.2, 0) is 20.4 Å². The molecule has 0 bridgehead atoms. The molecule has 1 aromatic carbocycles. The van der Waals surface area contributed by atoms with Crippen LogP contribution >= 0.6 is 15.9 Å². The Bertz CT molecular complexity index is 806. The van der Waals surface area contributed by atoms with Crippen molar-refractivity contribution in [3.05, 3.63) is 46.5 Å². The number of benzene rings is 1. The van der Waals surface area contributed by atoms with Crippen molar-refractivity contribution in [2.75, 3.05) is 12.3 Å². The maximum absolute atomic E-state index is 12.5. The zero-order valence-corrected chi connectivity index (χ0v) is 15.2. The SMILES string of the molecule is O=C(CS(=O)(=O)Cc1ccc(Br)cc1)N1CCC[C@@H]1c1ncno1. The quantitative estimate of drug-likeness (QED) is 0.744. The van der Waals surface area contributed by atoms with Gasteiger partial charge in [-0.2, -0.15) is 4.98 Å². The molecule has 1 aromatic heterocycles. The molecule has 0 N–H and O–H groups in total. The molecule has 1 saturated heterocycles. The summed E-state index contributed by atoms with van der Waals surface area (Å²) in [5.41, 5.74) is 0.654. The second-order valence-corrected chi connectivity index (χ2v) is 8.66. The van der Waals surface area contributed by atoms with E-state index in [4.69, 9.17) is 4.52 Å². The maximum atomic E-state index is 12.5. The minimum atomic E-state index is -3.55. The fourth-order valence-corrected chi connectivity index (χ4v) is 4.42. The molecular weight excluding hydrogens is 398 g/mol. The number of nitrogens with zero attached hydrogens (tertiary/aromatic N) is 3. The normalized spacial score (nSPS) is 18.0. The number of amides is 1. The van der Waals surface area contributed by atoms with E-state index in [2.05, 4.69) is 26.1 Å². The summed E-state index contributed by atoms with van der Waals surface area (Å²) in [5.74, 6) is -0.752. The summed E-state index contributed by atoms with van der Waals surface area (Å²) in [6.45, 7) is 0.500. The lowest BCUT2D eigenvalue weighted by molar-refractivity contribution is -0.129. The molecule has 2 heterocycles. The molecule has 1 amide bonds. The molecule has 1 aliphatic rings. The minimum Gasteiger partial charge on any atom is -0.337 e. The third-order valence-electron chi connectivity index (χ3n) is 3.88. The van der Waals surface area contributed by atoms with Gasteiger partial charge in [-0.1, -0.05) is 33.2 Å². The summed E-state index contributed by atoms with van der Waals surface area (Å²) in [6, 6.07) is 6.67. The molecule has 0 saturated carbocycles. The van der Waals surface area contributed by atoms with Crippen molar-refractivity contribution in [1.29, 1.82) is 0 Å². The van der Waals surface area contributed by atoms with Crippen LogP contribution in [0.3, 0.4) is 0 Å². The Labute approximate surface area is 148 Å². The molecule has 9 heteroatoms. The smallest absolute Gasteiger partial charge is 0.249 e. The number of likely N-dealkylation sites (tertiary alicyclic amines) is 1. The number of carbonyl (C=O) groups is 1. The Hall–Kier alpha value is -1.74. The summed E-state index contributed by atoms with van der Waals surface area (Å²) >= 11 is 3.31. The van der Waals surface area contributed by atoms with Gasteiger partial charge in [0.05, 0.1) is 5.75 Å². The van der Waals surface area contributed by atoms with E-state index in [1.54, 1.807) is 24.3 Å². The zero-order valence-electron chi connectivity index (χ0n) is 12.8. The Morgan fingerprint density at radius 3 is 2.75 bits per heavy atom. The Kier molecular flexibility index (Phi) is 5.00. The van der Waals surface area contributed by atoms with Gasteiger partial charge in [0.1, 0.15) is 11.8 Å². The minimum absolute atomic E-state index is 0.162. The number of rotatable bonds is 5. The van der Waals surface area contributed by atoms with E-state index in [1.165, 1.54) is 11.2 Å². The second kappa shape index (κ2) is 7.02. The van der Waals surface area contributed by atoms with Gasteiger partial charge in [-0.05, 0) is 30.5 Å². The first kappa shape index (κ1) is 17.1. The van der Waals surface area contributed by atoms with Crippen LogP contribution in [0.4, 0.5) is 0 Å². The van der Waals surface area contributed by atoms with Crippen molar-refractivity contribution < 1.29 is 17.7 Å². The summed E-state index contributed by atoms with van der Waals surface area (Å²) in [7, 11) is -3.55. The number of carbonyl (C=O) groups excluding carboxylic acids is 1. The summed E-state index contributed by atoms with van der Waals surface area (Å²) in [5, 5.41) is 3.55. The highest BCUT2D eigenvalue weighted by atomic mass is 79.9. The molecule has 128 valence electrons. The molecule has 3 rings (SSSR count). The predicted octanol–water partition coefficient (Wildman–Crippen LogP) is 2.11. The molecule has 7 nitrogen and oxygen atoms in total. The van der Waals surface area contributed by atoms with Gasteiger partial charge in [0.2, 0.25) is 11.8 Å². The van der Waals surface area contributed by atoms with Crippen LogP contribution in [0.1, 0.15) is 30.3 Å². The number of halogens is 1. The van der Waals surface area contributed by atoms with Crippen LogP contribution in [0.25, 0.3) is 0 Å². The van der Waals surface area contributed by atoms with E-state index in [1.807, 2.05) is 0 Å². The van der Waals surface area contributed by atoms with Gasteiger partial charge >= 0.3 is 0 Å². The van der Waals surface area contributed by atoms with Crippen LogP contribution < -0.4 is 0 Å². The van der Waals surface area contributed by atoms with Crippen molar-refractivity contribution in [2.24, 2.45) is 0 Å². The summed E-state index contributed by atoms with van der Waals surface area (Å²) in [4.78, 5) is 18.0. The van der Waals surface area contributed by atoms with Gasteiger partial charge < -0.3 is 9.42 Å². The first-order valence-electron chi connectivity index (χ1n) is 7.45. The molecule has 1 aliphatic heterocycles. The number of sulfone groups is 1.